The van der Waals surface area contributed by atoms with Crippen LogP contribution in [0.2, 0.25) is 0 Å². The van der Waals surface area contributed by atoms with Crippen LogP contribution in [0.15, 0.2) is 42.7 Å². The Hall–Kier alpha value is -2.69. The third-order valence-electron chi connectivity index (χ3n) is 5.50. The van der Waals surface area contributed by atoms with E-state index in [4.69, 9.17) is 0 Å². The number of nitrogens with one attached hydrogen (secondary N) is 1. The summed E-state index contributed by atoms with van der Waals surface area (Å²) in [7, 11) is 0. The van der Waals surface area contributed by atoms with Gasteiger partial charge in [0.05, 0.1) is 12.1 Å². The number of rotatable bonds is 4. The van der Waals surface area contributed by atoms with Gasteiger partial charge in [-0.05, 0) is 55.5 Å². The first-order valence-electron chi connectivity index (χ1n) is 9.14. The lowest BCUT2D eigenvalue weighted by Crippen LogP contribution is -2.40. The molecule has 2 amide bonds. The highest BCUT2D eigenvalue weighted by molar-refractivity contribution is 5.96. The summed E-state index contributed by atoms with van der Waals surface area (Å²) in [5.74, 6) is 0.00292. The first kappa shape index (κ1) is 16.8. The van der Waals surface area contributed by atoms with E-state index in [1.54, 1.807) is 12.4 Å². The van der Waals surface area contributed by atoms with Crippen LogP contribution in [0.4, 0.5) is 0 Å². The van der Waals surface area contributed by atoms with E-state index >= 15 is 0 Å². The molecule has 134 valence electrons. The van der Waals surface area contributed by atoms with Gasteiger partial charge in [-0.25, -0.2) is 0 Å². The Bertz CT molecular complexity index is 846. The zero-order valence-electron chi connectivity index (χ0n) is 15.1. The van der Waals surface area contributed by atoms with Crippen molar-refractivity contribution < 1.29 is 9.59 Å². The van der Waals surface area contributed by atoms with E-state index in [9.17, 15) is 9.59 Å². The normalized spacial score (nSPS) is 22.5. The summed E-state index contributed by atoms with van der Waals surface area (Å²) in [6, 6.07) is 9.53. The molecule has 1 aliphatic heterocycles. The van der Waals surface area contributed by atoms with Gasteiger partial charge in [0.25, 0.3) is 5.91 Å². The van der Waals surface area contributed by atoms with Crippen LogP contribution in [0.25, 0.3) is 0 Å². The molecular formula is C21H23N3O2. The second kappa shape index (κ2) is 6.56. The summed E-state index contributed by atoms with van der Waals surface area (Å²) < 4.78 is 0. The molecule has 1 N–H and O–H groups in total. The largest absolute Gasteiger partial charge is 0.346 e. The quantitative estimate of drug-likeness (QED) is 0.923. The van der Waals surface area contributed by atoms with Gasteiger partial charge in [-0.1, -0.05) is 18.2 Å². The van der Waals surface area contributed by atoms with Gasteiger partial charge in [0.1, 0.15) is 0 Å². The number of carbonyl (C=O) groups is 2. The van der Waals surface area contributed by atoms with Gasteiger partial charge in [-0.15, -0.1) is 0 Å². The molecule has 2 aromatic rings. The predicted molar refractivity (Wildman–Crippen MR) is 98.6 cm³/mol. The minimum Gasteiger partial charge on any atom is -0.346 e. The Labute approximate surface area is 153 Å². The zero-order chi connectivity index (χ0) is 18.3. The summed E-state index contributed by atoms with van der Waals surface area (Å²) >= 11 is 0. The number of benzene rings is 1. The summed E-state index contributed by atoms with van der Waals surface area (Å²) in [5.41, 5.74) is 3.72. The first-order valence-corrected chi connectivity index (χ1v) is 9.14. The molecule has 1 saturated carbocycles. The van der Waals surface area contributed by atoms with E-state index in [-0.39, 0.29) is 23.9 Å². The van der Waals surface area contributed by atoms with Crippen LogP contribution in [0.1, 0.15) is 52.4 Å². The van der Waals surface area contributed by atoms with Crippen molar-refractivity contribution in [1.29, 1.82) is 0 Å². The molecule has 1 aromatic heterocycles. The number of aryl methyl sites for hydroxylation is 1. The maximum atomic E-state index is 12.9. The third kappa shape index (κ3) is 2.98. The molecule has 0 unspecified atom stereocenters. The van der Waals surface area contributed by atoms with Gasteiger partial charge in [0.15, 0.2) is 0 Å². The monoisotopic (exact) mass is 349 g/mol. The second-order valence-electron chi connectivity index (χ2n) is 7.29. The molecular weight excluding hydrogens is 326 g/mol. The lowest BCUT2D eigenvalue weighted by atomic mass is 9.99. The van der Waals surface area contributed by atoms with E-state index in [0.29, 0.717) is 18.0 Å². The maximum Gasteiger partial charge on any atom is 0.251 e. The van der Waals surface area contributed by atoms with Crippen LogP contribution in [-0.2, 0) is 4.79 Å². The van der Waals surface area contributed by atoms with Crippen molar-refractivity contribution in [2.45, 2.75) is 51.2 Å². The first-order chi connectivity index (χ1) is 12.6. The highest BCUT2D eigenvalue weighted by Gasteiger charge is 2.47. The Kier molecular flexibility index (Phi) is 4.23. The van der Waals surface area contributed by atoms with Gasteiger partial charge < -0.3 is 10.2 Å². The fourth-order valence-electron chi connectivity index (χ4n) is 3.85. The standard InChI is InChI=1S/C21H23N3O2/c1-13-5-3-7-17(14(13)2)21(26)23-18-11-19(25)24(16-8-9-16)20(18)15-6-4-10-22-12-15/h3-7,10,12,16,18,20H,8-9,11H2,1-2H3,(H,23,26)/t18-,20+/m1/s1. The van der Waals surface area contributed by atoms with E-state index in [1.807, 2.05) is 49.1 Å². The number of hydrogen-bond acceptors (Lipinski definition) is 3. The summed E-state index contributed by atoms with van der Waals surface area (Å²) in [4.78, 5) is 31.7. The molecule has 5 nitrogen and oxygen atoms in total. The number of pyridine rings is 1. The Morgan fingerprint density at radius 1 is 1.19 bits per heavy atom. The molecule has 5 heteroatoms. The van der Waals surface area contributed by atoms with E-state index in [2.05, 4.69) is 10.3 Å². The fourth-order valence-corrected chi connectivity index (χ4v) is 3.85. The van der Waals surface area contributed by atoms with Gasteiger partial charge in [-0.2, -0.15) is 0 Å². The molecule has 2 aliphatic rings. The Morgan fingerprint density at radius 2 is 2.00 bits per heavy atom. The van der Waals surface area contributed by atoms with Gasteiger partial charge in [-0.3, -0.25) is 14.6 Å². The van der Waals surface area contributed by atoms with Gasteiger partial charge >= 0.3 is 0 Å². The number of aromatic nitrogens is 1. The molecule has 2 atom stereocenters. The Morgan fingerprint density at radius 3 is 2.69 bits per heavy atom. The van der Waals surface area contributed by atoms with Crippen molar-refractivity contribution >= 4 is 11.8 Å². The van der Waals surface area contributed by atoms with Crippen LogP contribution in [-0.4, -0.2) is 33.8 Å². The molecule has 0 radical (unpaired) electrons. The highest BCUT2D eigenvalue weighted by atomic mass is 16.2. The highest BCUT2D eigenvalue weighted by Crippen LogP contribution is 2.41. The predicted octanol–water partition coefficient (Wildman–Crippen LogP) is 2.93. The molecule has 2 heterocycles. The van der Waals surface area contributed by atoms with Gasteiger partial charge in [0, 0.05) is 30.4 Å². The van der Waals surface area contributed by atoms with E-state index in [1.165, 1.54) is 0 Å². The molecule has 0 bridgehead atoms. The SMILES string of the molecule is Cc1cccc(C(=O)N[C@@H]2CC(=O)N(C3CC3)[C@H]2c2cccnc2)c1C. The van der Waals surface area contributed by atoms with Crippen LogP contribution in [0, 0.1) is 13.8 Å². The fraction of sp³-hybridized carbons (Fsp3) is 0.381. The molecule has 26 heavy (non-hydrogen) atoms. The number of amides is 2. The minimum absolute atomic E-state index is 0.115. The average molecular weight is 349 g/mol. The topological polar surface area (TPSA) is 62.3 Å². The summed E-state index contributed by atoms with van der Waals surface area (Å²) in [5, 5.41) is 3.13. The lowest BCUT2D eigenvalue weighted by Gasteiger charge is -2.29. The number of carbonyl (C=O) groups excluding carboxylic acids is 2. The molecule has 2 fully saturated rings. The Balaban J connectivity index is 1.63. The van der Waals surface area contributed by atoms with E-state index in [0.717, 1.165) is 29.5 Å². The lowest BCUT2D eigenvalue weighted by molar-refractivity contribution is -0.129. The minimum atomic E-state index is -0.236. The van der Waals surface area contributed by atoms with Crippen molar-refractivity contribution in [3.8, 4) is 0 Å². The zero-order valence-corrected chi connectivity index (χ0v) is 15.1. The summed E-state index contributed by atoms with van der Waals surface area (Å²) in [6.45, 7) is 3.96. The van der Waals surface area contributed by atoms with Crippen molar-refractivity contribution in [2.24, 2.45) is 0 Å². The third-order valence-corrected chi connectivity index (χ3v) is 5.50. The van der Waals surface area contributed by atoms with Crippen molar-refractivity contribution in [1.82, 2.24) is 15.2 Å². The molecule has 4 rings (SSSR count). The van der Waals surface area contributed by atoms with Crippen molar-refractivity contribution in [3.63, 3.8) is 0 Å². The van der Waals surface area contributed by atoms with Crippen LogP contribution in [0.5, 0.6) is 0 Å². The number of hydrogen-bond donors (Lipinski definition) is 1. The smallest absolute Gasteiger partial charge is 0.251 e. The average Bonchev–Trinajstić information content (AvgIpc) is 3.42. The summed E-state index contributed by atoms with van der Waals surface area (Å²) in [6.07, 6.45) is 5.95. The molecule has 1 aliphatic carbocycles. The van der Waals surface area contributed by atoms with Crippen molar-refractivity contribution in [2.75, 3.05) is 0 Å². The van der Waals surface area contributed by atoms with Crippen molar-refractivity contribution in [3.05, 3.63) is 65.0 Å². The van der Waals surface area contributed by atoms with Crippen LogP contribution in [0.3, 0.4) is 0 Å². The maximum absolute atomic E-state index is 12.9. The molecule has 1 saturated heterocycles. The number of nitrogens with zero attached hydrogens (tertiary/aromatic N) is 2. The number of likely N-dealkylation sites (tertiary alicyclic amines) is 1. The second-order valence-corrected chi connectivity index (χ2v) is 7.29. The van der Waals surface area contributed by atoms with Gasteiger partial charge in [0.2, 0.25) is 5.91 Å². The van der Waals surface area contributed by atoms with E-state index < -0.39 is 0 Å². The molecule has 1 aromatic carbocycles. The van der Waals surface area contributed by atoms with Crippen LogP contribution >= 0.6 is 0 Å². The van der Waals surface area contributed by atoms with Crippen LogP contribution < -0.4 is 5.32 Å². The molecule has 0 spiro atoms.